The van der Waals surface area contributed by atoms with E-state index in [0.29, 0.717) is 10.8 Å². The lowest BCUT2D eigenvalue weighted by molar-refractivity contribution is -0.163. The van der Waals surface area contributed by atoms with Gasteiger partial charge in [-0.3, -0.25) is 0 Å². The molecule has 4 aliphatic carbocycles. The molecule has 0 aromatic rings. The van der Waals surface area contributed by atoms with Gasteiger partial charge in [0.05, 0.1) is 11.7 Å². The predicted octanol–water partition coefficient (Wildman–Crippen LogP) is 9.30. The van der Waals surface area contributed by atoms with Crippen molar-refractivity contribution in [3.63, 3.8) is 0 Å². The standard InChI is InChI=1S/C33H56O4.C2H6/c1-30(2,3)37-29(34)22-36-25-16-19-33(7)24(21-25)12-14-26-27-15-13-23(32(27,6)20-17-28(26)33)11-9-10-18-31(4,5)35-8;1-2/h12,23,25-28H,9-11,13-22H2,1-8H3;1-2H3. The van der Waals surface area contributed by atoms with Crippen LogP contribution < -0.4 is 0 Å². The number of hydrogen-bond acceptors (Lipinski definition) is 4. The van der Waals surface area contributed by atoms with Gasteiger partial charge < -0.3 is 14.2 Å². The van der Waals surface area contributed by atoms with Crippen LogP contribution in [0.1, 0.15) is 139 Å². The van der Waals surface area contributed by atoms with Crippen LogP contribution in [-0.2, 0) is 19.0 Å². The number of fused-ring (bicyclic) bond motifs is 5. The van der Waals surface area contributed by atoms with Crippen LogP contribution in [0.2, 0.25) is 0 Å². The Labute approximate surface area is 241 Å². The highest BCUT2D eigenvalue weighted by Crippen LogP contribution is 2.66. The van der Waals surface area contributed by atoms with Crippen LogP contribution in [0.5, 0.6) is 0 Å². The zero-order valence-corrected chi connectivity index (χ0v) is 27.3. The third-order valence-electron chi connectivity index (χ3n) is 11.2. The zero-order chi connectivity index (χ0) is 29.1. The number of allylic oxidation sites excluding steroid dienone is 1. The molecule has 0 saturated heterocycles. The van der Waals surface area contributed by atoms with Crippen LogP contribution in [0.15, 0.2) is 11.6 Å². The third kappa shape index (κ3) is 7.51. The Morgan fingerprint density at radius 1 is 0.974 bits per heavy atom. The molecule has 4 nitrogen and oxygen atoms in total. The van der Waals surface area contributed by atoms with Crippen LogP contribution in [0, 0.1) is 34.5 Å². The monoisotopic (exact) mass is 546 g/mol. The van der Waals surface area contributed by atoms with E-state index in [2.05, 4.69) is 33.8 Å². The molecule has 3 fully saturated rings. The Morgan fingerprint density at radius 2 is 1.69 bits per heavy atom. The maximum atomic E-state index is 12.2. The minimum Gasteiger partial charge on any atom is -0.458 e. The topological polar surface area (TPSA) is 44.8 Å². The van der Waals surface area contributed by atoms with E-state index in [1.165, 1.54) is 57.8 Å². The maximum Gasteiger partial charge on any atom is 0.332 e. The molecule has 0 aliphatic heterocycles. The van der Waals surface area contributed by atoms with Crippen molar-refractivity contribution in [2.24, 2.45) is 34.5 Å². The Hall–Kier alpha value is -0.870. The normalized spacial score (nSPS) is 36.1. The molecule has 7 atom stereocenters. The van der Waals surface area contributed by atoms with E-state index in [0.717, 1.165) is 42.9 Å². The Bertz CT molecular complexity index is 838. The van der Waals surface area contributed by atoms with Crippen molar-refractivity contribution in [1.29, 1.82) is 0 Å². The van der Waals surface area contributed by atoms with Crippen LogP contribution in [0.25, 0.3) is 0 Å². The second kappa shape index (κ2) is 13.0. The first-order chi connectivity index (χ1) is 18.3. The van der Waals surface area contributed by atoms with E-state index >= 15 is 0 Å². The highest BCUT2D eigenvalue weighted by molar-refractivity contribution is 5.71. The fourth-order valence-corrected chi connectivity index (χ4v) is 8.95. The summed E-state index contributed by atoms with van der Waals surface area (Å²) in [6.07, 6.45) is 18.1. The van der Waals surface area contributed by atoms with Gasteiger partial charge in [0.15, 0.2) is 0 Å². The number of esters is 1. The average molecular weight is 547 g/mol. The van der Waals surface area contributed by atoms with Gasteiger partial charge in [0.1, 0.15) is 12.2 Å². The Kier molecular flexibility index (Phi) is 10.9. The molecule has 0 N–H and O–H groups in total. The summed E-state index contributed by atoms with van der Waals surface area (Å²) in [7, 11) is 1.84. The van der Waals surface area contributed by atoms with Gasteiger partial charge in [0, 0.05) is 7.11 Å². The van der Waals surface area contributed by atoms with Gasteiger partial charge in [-0.05, 0) is 133 Å². The van der Waals surface area contributed by atoms with E-state index in [9.17, 15) is 4.79 Å². The van der Waals surface area contributed by atoms with E-state index in [4.69, 9.17) is 14.2 Å². The second-order valence-corrected chi connectivity index (χ2v) is 15.0. The van der Waals surface area contributed by atoms with Crippen LogP contribution >= 0.6 is 0 Å². The van der Waals surface area contributed by atoms with Crippen LogP contribution in [-0.4, -0.2) is 37.0 Å². The number of ether oxygens (including phenoxy) is 3. The largest absolute Gasteiger partial charge is 0.458 e. The molecule has 226 valence electrons. The van der Waals surface area contributed by atoms with Gasteiger partial charge in [-0.25, -0.2) is 4.79 Å². The average Bonchev–Trinajstić information content (AvgIpc) is 3.21. The first-order valence-corrected chi connectivity index (χ1v) is 16.4. The SMILES string of the molecule is CC.COC(C)(C)CCCCC1CCC2C3CC=C4CC(OCC(=O)OC(C)(C)C)CCC4(C)C3CCC12C. The Morgan fingerprint density at radius 3 is 2.36 bits per heavy atom. The van der Waals surface area contributed by atoms with Gasteiger partial charge in [-0.2, -0.15) is 0 Å². The summed E-state index contributed by atoms with van der Waals surface area (Å²) in [5, 5.41) is 0. The van der Waals surface area contributed by atoms with Gasteiger partial charge in [-0.15, -0.1) is 0 Å². The number of unbranched alkanes of at least 4 members (excludes halogenated alkanes) is 1. The molecular weight excluding hydrogens is 484 g/mol. The first-order valence-electron chi connectivity index (χ1n) is 16.4. The fraction of sp³-hybridized carbons (Fsp3) is 0.914. The molecule has 3 saturated carbocycles. The first kappa shape index (κ1) is 32.6. The van der Waals surface area contributed by atoms with E-state index in [1.807, 2.05) is 41.7 Å². The molecule has 0 bridgehead atoms. The summed E-state index contributed by atoms with van der Waals surface area (Å²) in [5.74, 6) is 3.22. The molecule has 0 aromatic carbocycles. The molecule has 39 heavy (non-hydrogen) atoms. The van der Waals surface area contributed by atoms with Crippen molar-refractivity contribution in [2.45, 2.75) is 157 Å². The second-order valence-electron chi connectivity index (χ2n) is 15.0. The minimum absolute atomic E-state index is 0.0154. The fourth-order valence-electron chi connectivity index (χ4n) is 8.95. The number of methoxy groups -OCH3 is 1. The van der Waals surface area contributed by atoms with Crippen molar-refractivity contribution >= 4 is 5.97 Å². The van der Waals surface area contributed by atoms with Crippen molar-refractivity contribution in [3.8, 4) is 0 Å². The molecule has 4 rings (SSSR count). The highest BCUT2D eigenvalue weighted by Gasteiger charge is 2.58. The van der Waals surface area contributed by atoms with Crippen molar-refractivity contribution in [2.75, 3.05) is 13.7 Å². The molecule has 4 heteroatoms. The summed E-state index contributed by atoms with van der Waals surface area (Å²) in [6.45, 7) is 19.5. The molecule has 7 unspecified atom stereocenters. The Balaban J connectivity index is 0.00000205. The number of carbonyl (C=O) groups excluding carboxylic acids is 1. The summed E-state index contributed by atoms with van der Waals surface area (Å²) in [6, 6.07) is 0. The van der Waals surface area contributed by atoms with E-state index < -0.39 is 5.60 Å². The van der Waals surface area contributed by atoms with Gasteiger partial charge in [-0.1, -0.05) is 52.2 Å². The van der Waals surface area contributed by atoms with Crippen molar-refractivity contribution < 1.29 is 19.0 Å². The number of hydrogen-bond donors (Lipinski definition) is 0. The van der Waals surface area contributed by atoms with E-state index in [-0.39, 0.29) is 24.3 Å². The predicted molar refractivity (Wildman–Crippen MR) is 162 cm³/mol. The smallest absolute Gasteiger partial charge is 0.332 e. The van der Waals surface area contributed by atoms with Crippen LogP contribution in [0.4, 0.5) is 0 Å². The molecular formula is C35H62O4. The summed E-state index contributed by atoms with van der Waals surface area (Å²) < 4.78 is 17.2. The molecule has 0 amide bonds. The molecule has 0 heterocycles. The quantitative estimate of drug-likeness (QED) is 0.164. The zero-order valence-electron chi connectivity index (χ0n) is 27.3. The van der Waals surface area contributed by atoms with Gasteiger partial charge >= 0.3 is 5.97 Å². The third-order valence-corrected chi connectivity index (χ3v) is 11.2. The number of rotatable bonds is 9. The molecule has 0 spiro atoms. The maximum absolute atomic E-state index is 12.2. The van der Waals surface area contributed by atoms with Crippen LogP contribution in [0.3, 0.4) is 0 Å². The van der Waals surface area contributed by atoms with Gasteiger partial charge in [0.25, 0.3) is 0 Å². The molecule has 4 aliphatic rings. The lowest BCUT2D eigenvalue weighted by Crippen LogP contribution is -2.50. The minimum atomic E-state index is -0.456. The number of carbonyl (C=O) groups is 1. The lowest BCUT2D eigenvalue weighted by atomic mass is 9.47. The summed E-state index contributed by atoms with van der Waals surface area (Å²) in [5.41, 5.74) is 2.03. The summed E-state index contributed by atoms with van der Waals surface area (Å²) in [4.78, 5) is 12.2. The van der Waals surface area contributed by atoms with Crippen molar-refractivity contribution in [1.82, 2.24) is 0 Å². The lowest BCUT2D eigenvalue weighted by Gasteiger charge is -2.58. The molecule has 0 radical (unpaired) electrons. The summed E-state index contributed by atoms with van der Waals surface area (Å²) >= 11 is 0. The van der Waals surface area contributed by atoms with Crippen molar-refractivity contribution in [3.05, 3.63) is 11.6 Å². The van der Waals surface area contributed by atoms with E-state index in [1.54, 1.807) is 5.57 Å². The van der Waals surface area contributed by atoms with Gasteiger partial charge in [0.2, 0.25) is 0 Å². The highest BCUT2D eigenvalue weighted by atomic mass is 16.6. The molecule has 0 aromatic heterocycles.